The zero-order valence-corrected chi connectivity index (χ0v) is 8.19. The normalized spacial score (nSPS) is 23.8. The first-order valence-corrected chi connectivity index (χ1v) is 4.87. The van der Waals surface area contributed by atoms with Crippen molar-refractivity contribution >= 4 is 0 Å². The molecular formula is C9H16F3NO. The molecule has 2 nitrogen and oxygen atoms in total. The molecule has 1 unspecified atom stereocenters. The molecular weight excluding hydrogens is 195 g/mol. The Bertz CT molecular complexity index is 185. The van der Waals surface area contributed by atoms with Crippen LogP contribution in [0.3, 0.4) is 0 Å². The Morgan fingerprint density at radius 3 is 2.21 bits per heavy atom. The number of hydrogen-bond acceptors (Lipinski definition) is 2. The maximum Gasteiger partial charge on any atom is 0.430 e. The second-order valence-corrected chi connectivity index (χ2v) is 4.10. The van der Waals surface area contributed by atoms with Crippen molar-refractivity contribution in [3.05, 3.63) is 0 Å². The van der Waals surface area contributed by atoms with Crippen molar-refractivity contribution < 1.29 is 18.3 Å². The van der Waals surface area contributed by atoms with Crippen LogP contribution in [0.15, 0.2) is 0 Å². The van der Waals surface area contributed by atoms with Crippen molar-refractivity contribution in [2.24, 2.45) is 5.92 Å². The molecule has 0 radical (unpaired) electrons. The van der Waals surface area contributed by atoms with Gasteiger partial charge in [0.1, 0.15) is 0 Å². The van der Waals surface area contributed by atoms with E-state index in [9.17, 15) is 13.2 Å². The summed E-state index contributed by atoms with van der Waals surface area (Å²) in [5, 5.41) is 11.2. The molecule has 0 aromatic rings. The van der Waals surface area contributed by atoms with E-state index in [0.717, 1.165) is 32.6 Å². The van der Waals surface area contributed by atoms with Crippen LogP contribution >= 0.6 is 0 Å². The quantitative estimate of drug-likeness (QED) is 0.700. The summed E-state index contributed by atoms with van der Waals surface area (Å²) in [6.45, 7) is 0.995. The molecule has 1 aliphatic carbocycles. The van der Waals surface area contributed by atoms with E-state index >= 15 is 0 Å². The molecule has 0 aromatic heterocycles. The van der Waals surface area contributed by atoms with Crippen molar-refractivity contribution in [2.45, 2.75) is 44.5 Å². The first-order chi connectivity index (χ1) is 6.33. The average molecular weight is 211 g/mol. The van der Waals surface area contributed by atoms with Gasteiger partial charge in [-0.3, -0.25) is 5.32 Å². The molecule has 1 saturated carbocycles. The molecule has 1 aliphatic rings. The van der Waals surface area contributed by atoms with Gasteiger partial charge in [0.2, 0.25) is 5.72 Å². The van der Waals surface area contributed by atoms with E-state index in [2.05, 4.69) is 5.32 Å². The smallest absolute Gasteiger partial charge is 0.368 e. The third-order valence-corrected chi connectivity index (χ3v) is 2.76. The summed E-state index contributed by atoms with van der Waals surface area (Å²) in [7, 11) is 0. The van der Waals surface area contributed by atoms with Crippen LogP contribution in [0.25, 0.3) is 0 Å². The summed E-state index contributed by atoms with van der Waals surface area (Å²) in [5.41, 5.74) is -2.75. The second-order valence-electron chi connectivity index (χ2n) is 4.10. The van der Waals surface area contributed by atoms with E-state index in [0.29, 0.717) is 0 Å². The molecule has 1 atom stereocenters. The number of halogens is 3. The molecule has 1 rings (SSSR count). The van der Waals surface area contributed by atoms with E-state index in [4.69, 9.17) is 5.11 Å². The lowest BCUT2D eigenvalue weighted by Gasteiger charge is -2.28. The van der Waals surface area contributed by atoms with Gasteiger partial charge in [-0.05, 0) is 25.7 Å². The molecule has 0 saturated heterocycles. The Morgan fingerprint density at radius 1 is 1.29 bits per heavy atom. The number of rotatable bonds is 3. The monoisotopic (exact) mass is 211 g/mol. The first kappa shape index (κ1) is 11.8. The highest BCUT2D eigenvalue weighted by atomic mass is 19.4. The molecule has 0 heterocycles. The molecule has 14 heavy (non-hydrogen) atoms. The van der Waals surface area contributed by atoms with Crippen LogP contribution in [0, 0.1) is 5.92 Å². The fourth-order valence-corrected chi connectivity index (χ4v) is 1.66. The van der Waals surface area contributed by atoms with Gasteiger partial charge in [0, 0.05) is 6.54 Å². The van der Waals surface area contributed by atoms with Gasteiger partial charge >= 0.3 is 6.18 Å². The zero-order valence-electron chi connectivity index (χ0n) is 8.19. The number of alkyl halides is 3. The van der Waals surface area contributed by atoms with E-state index in [1.54, 1.807) is 0 Å². The molecule has 0 bridgehead atoms. The van der Waals surface area contributed by atoms with Crippen LogP contribution in [-0.4, -0.2) is 23.6 Å². The van der Waals surface area contributed by atoms with Crippen molar-refractivity contribution in [2.75, 3.05) is 6.54 Å². The Labute approximate surface area is 81.5 Å². The van der Waals surface area contributed by atoms with Gasteiger partial charge < -0.3 is 5.11 Å². The first-order valence-electron chi connectivity index (χ1n) is 4.87. The number of aliphatic hydroxyl groups is 1. The van der Waals surface area contributed by atoms with Crippen LogP contribution in [0.2, 0.25) is 0 Å². The summed E-state index contributed by atoms with van der Waals surface area (Å²) in [6.07, 6.45) is -0.519. The molecule has 0 spiro atoms. The Balaban J connectivity index is 2.35. The number of nitrogens with one attached hydrogen (secondary N) is 1. The topological polar surface area (TPSA) is 32.3 Å². The fraction of sp³-hybridized carbons (Fsp3) is 1.00. The van der Waals surface area contributed by atoms with Gasteiger partial charge in [0.25, 0.3) is 0 Å². The van der Waals surface area contributed by atoms with E-state index < -0.39 is 11.9 Å². The van der Waals surface area contributed by atoms with Crippen LogP contribution in [-0.2, 0) is 0 Å². The van der Waals surface area contributed by atoms with Crippen molar-refractivity contribution in [3.8, 4) is 0 Å². The fourth-order valence-electron chi connectivity index (χ4n) is 1.66. The highest BCUT2D eigenvalue weighted by molar-refractivity contribution is 4.81. The third-order valence-electron chi connectivity index (χ3n) is 2.76. The summed E-state index contributed by atoms with van der Waals surface area (Å²) in [6, 6.07) is 0. The zero-order chi connectivity index (χ0) is 10.8. The molecule has 5 heteroatoms. The largest absolute Gasteiger partial charge is 0.430 e. The molecule has 0 aliphatic heterocycles. The van der Waals surface area contributed by atoms with E-state index in [-0.39, 0.29) is 12.5 Å². The molecule has 1 fully saturated rings. The summed E-state index contributed by atoms with van der Waals surface area (Å²) in [5.74, 6) is 0.281. The van der Waals surface area contributed by atoms with Gasteiger partial charge in [-0.25, -0.2) is 0 Å². The standard InChI is InChI=1S/C9H16F3NO/c1-8(14,9(10,11)12)13-6-7-4-2-3-5-7/h7,13-14H,2-6H2,1H3. The summed E-state index contributed by atoms with van der Waals surface area (Å²) in [4.78, 5) is 0. The number of hydrogen-bond donors (Lipinski definition) is 2. The molecule has 2 N–H and O–H groups in total. The molecule has 0 aromatic carbocycles. The Morgan fingerprint density at radius 2 is 1.79 bits per heavy atom. The maximum atomic E-state index is 12.2. The summed E-state index contributed by atoms with van der Waals surface area (Å²) < 4.78 is 36.6. The average Bonchev–Trinajstić information content (AvgIpc) is 2.50. The lowest BCUT2D eigenvalue weighted by atomic mass is 10.1. The minimum Gasteiger partial charge on any atom is -0.368 e. The van der Waals surface area contributed by atoms with Gasteiger partial charge in [0.05, 0.1) is 0 Å². The van der Waals surface area contributed by atoms with Crippen molar-refractivity contribution in [1.82, 2.24) is 5.32 Å². The third kappa shape index (κ3) is 2.85. The highest BCUT2D eigenvalue weighted by Gasteiger charge is 2.49. The van der Waals surface area contributed by atoms with Crippen LogP contribution in [0.4, 0.5) is 13.2 Å². The predicted molar refractivity (Wildman–Crippen MR) is 46.6 cm³/mol. The van der Waals surface area contributed by atoms with Gasteiger partial charge in [-0.1, -0.05) is 12.8 Å². The minimum absolute atomic E-state index is 0.243. The van der Waals surface area contributed by atoms with Gasteiger partial charge in [-0.2, -0.15) is 13.2 Å². The Hall–Kier alpha value is -0.290. The predicted octanol–water partition coefficient (Wildman–Crippen LogP) is 2.04. The Kier molecular flexibility index (Phi) is 3.42. The summed E-state index contributed by atoms with van der Waals surface area (Å²) >= 11 is 0. The van der Waals surface area contributed by atoms with Crippen molar-refractivity contribution in [3.63, 3.8) is 0 Å². The van der Waals surface area contributed by atoms with Crippen molar-refractivity contribution in [1.29, 1.82) is 0 Å². The maximum absolute atomic E-state index is 12.2. The second kappa shape index (κ2) is 4.06. The SMILES string of the molecule is CC(O)(NCC1CCCC1)C(F)(F)F. The van der Waals surface area contributed by atoms with Gasteiger partial charge in [0.15, 0.2) is 0 Å². The van der Waals surface area contributed by atoms with E-state index in [1.165, 1.54) is 0 Å². The van der Waals surface area contributed by atoms with Gasteiger partial charge in [-0.15, -0.1) is 0 Å². The van der Waals surface area contributed by atoms with E-state index in [1.807, 2.05) is 0 Å². The van der Waals surface area contributed by atoms with Crippen LogP contribution in [0.1, 0.15) is 32.6 Å². The highest BCUT2D eigenvalue weighted by Crippen LogP contribution is 2.29. The van der Waals surface area contributed by atoms with Crippen LogP contribution < -0.4 is 5.32 Å². The molecule has 84 valence electrons. The van der Waals surface area contributed by atoms with Crippen LogP contribution in [0.5, 0.6) is 0 Å². The minimum atomic E-state index is -4.61. The lowest BCUT2D eigenvalue weighted by Crippen LogP contribution is -2.55. The lowest BCUT2D eigenvalue weighted by molar-refractivity contribution is -0.265. The molecule has 0 amide bonds.